The van der Waals surface area contributed by atoms with E-state index >= 15 is 0 Å². The molecule has 32 heavy (non-hydrogen) atoms. The van der Waals surface area contributed by atoms with Crippen LogP contribution in [0.3, 0.4) is 0 Å². The van der Waals surface area contributed by atoms with Gasteiger partial charge in [0, 0.05) is 24.8 Å². The highest BCUT2D eigenvalue weighted by Crippen LogP contribution is 2.24. The summed E-state index contributed by atoms with van der Waals surface area (Å²) in [7, 11) is 0. The van der Waals surface area contributed by atoms with Gasteiger partial charge in [0.1, 0.15) is 11.6 Å². The molecule has 9 heteroatoms. The molecule has 2 aliphatic rings. The molecular formula is C23H32F2N7. The van der Waals surface area contributed by atoms with Crippen LogP contribution in [0.5, 0.6) is 0 Å². The number of rotatable bonds is 9. The first-order valence-electron chi connectivity index (χ1n) is 11.7. The van der Waals surface area contributed by atoms with Crippen LogP contribution in [0.2, 0.25) is 0 Å². The number of nitrogens with one attached hydrogen (secondary N) is 3. The first-order chi connectivity index (χ1) is 15.6. The summed E-state index contributed by atoms with van der Waals surface area (Å²) in [4.78, 5) is 15.9. The second-order valence-corrected chi connectivity index (χ2v) is 8.69. The van der Waals surface area contributed by atoms with Crippen LogP contribution in [0.15, 0.2) is 12.1 Å². The third kappa shape index (κ3) is 6.25. The standard InChI is InChI=1S/C23H32F2N7/c1-2-32-10-6-9-20(32)15-27-22-29-21(26-14-16-7-4-3-5-8-16)30-23(31-22)28-19-12-17(24)11-18(25)13-19/h12-13,16,20H,2-10,14-15H2,1H3,(H3,26,27,28,29,30,31). The van der Waals surface area contributed by atoms with Crippen LogP contribution in [0, 0.1) is 23.6 Å². The Labute approximate surface area is 188 Å². The molecule has 1 saturated carbocycles. The molecule has 7 nitrogen and oxygen atoms in total. The summed E-state index contributed by atoms with van der Waals surface area (Å²) in [5.41, 5.74) is 0.224. The lowest BCUT2D eigenvalue weighted by Gasteiger charge is -2.23. The van der Waals surface area contributed by atoms with Crippen molar-refractivity contribution in [3.63, 3.8) is 0 Å². The molecule has 2 fully saturated rings. The Bertz CT molecular complexity index is 868. The zero-order chi connectivity index (χ0) is 22.3. The van der Waals surface area contributed by atoms with E-state index < -0.39 is 11.6 Å². The number of benzene rings is 1. The van der Waals surface area contributed by atoms with Crippen molar-refractivity contribution >= 4 is 23.5 Å². The van der Waals surface area contributed by atoms with E-state index in [1.807, 2.05) is 6.07 Å². The molecule has 1 aromatic carbocycles. The van der Waals surface area contributed by atoms with Crippen molar-refractivity contribution in [2.75, 3.05) is 42.1 Å². The monoisotopic (exact) mass is 444 g/mol. The Hall–Kier alpha value is -2.55. The van der Waals surface area contributed by atoms with Crippen molar-refractivity contribution in [3.05, 3.63) is 29.8 Å². The third-order valence-electron chi connectivity index (χ3n) is 6.37. The van der Waals surface area contributed by atoms with Crippen molar-refractivity contribution in [1.82, 2.24) is 19.9 Å². The highest BCUT2D eigenvalue weighted by molar-refractivity contribution is 5.55. The maximum Gasteiger partial charge on any atom is 0.233 e. The number of anilines is 4. The van der Waals surface area contributed by atoms with Gasteiger partial charge in [-0.1, -0.05) is 26.2 Å². The highest BCUT2D eigenvalue weighted by atomic mass is 19.1. The van der Waals surface area contributed by atoms with E-state index in [1.165, 1.54) is 38.5 Å². The van der Waals surface area contributed by atoms with E-state index in [0.29, 0.717) is 23.9 Å². The van der Waals surface area contributed by atoms with Crippen molar-refractivity contribution in [2.45, 2.75) is 57.9 Å². The summed E-state index contributed by atoms with van der Waals surface area (Å²) in [6.45, 7) is 5.85. The number of nitrogens with zero attached hydrogens (tertiary/aromatic N) is 4. The molecule has 3 N–H and O–H groups in total. The van der Waals surface area contributed by atoms with Gasteiger partial charge in [-0.25, -0.2) is 8.78 Å². The Balaban J connectivity index is 1.48. The van der Waals surface area contributed by atoms with Crippen LogP contribution in [-0.2, 0) is 0 Å². The van der Waals surface area contributed by atoms with E-state index in [-0.39, 0.29) is 11.6 Å². The Kier molecular flexibility index (Phi) is 7.68. The molecule has 1 aliphatic carbocycles. The lowest BCUT2D eigenvalue weighted by atomic mass is 9.89. The molecule has 173 valence electrons. The van der Waals surface area contributed by atoms with Crippen LogP contribution in [-0.4, -0.2) is 52.1 Å². The van der Waals surface area contributed by atoms with E-state index in [1.54, 1.807) is 0 Å². The zero-order valence-corrected chi connectivity index (χ0v) is 18.6. The lowest BCUT2D eigenvalue weighted by Crippen LogP contribution is -2.35. The van der Waals surface area contributed by atoms with Crippen molar-refractivity contribution in [1.29, 1.82) is 0 Å². The topological polar surface area (TPSA) is 78.0 Å². The molecule has 0 spiro atoms. The summed E-state index contributed by atoms with van der Waals surface area (Å²) in [6, 6.07) is 4.74. The van der Waals surface area contributed by atoms with Gasteiger partial charge in [-0.15, -0.1) is 0 Å². The number of likely N-dealkylation sites (N-methyl/N-ethyl adjacent to an activating group) is 1. The second kappa shape index (κ2) is 10.8. The number of hydrogen-bond acceptors (Lipinski definition) is 7. The average molecular weight is 445 g/mol. The van der Waals surface area contributed by atoms with Gasteiger partial charge in [-0.05, 0) is 56.8 Å². The largest absolute Gasteiger partial charge is 0.354 e. The predicted molar refractivity (Wildman–Crippen MR) is 122 cm³/mol. The molecule has 1 unspecified atom stereocenters. The van der Waals surface area contributed by atoms with Crippen molar-refractivity contribution in [3.8, 4) is 0 Å². The molecule has 1 aromatic heterocycles. The molecule has 1 saturated heterocycles. The van der Waals surface area contributed by atoms with Gasteiger partial charge in [0.25, 0.3) is 0 Å². The predicted octanol–water partition coefficient (Wildman–Crippen LogP) is 4.58. The van der Waals surface area contributed by atoms with Gasteiger partial charge in [0.2, 0.25) is 17.8 Å². The molecule has 0 amide bonds. The maximum absolute atomic E-state index is 13.6. The second-order valence-electron chi connectivity index (χ2n) is 8.69. The van der Waals surface area contributed by atoms with E-state index in [2.05, 4.69) is 42.7 Å². The van der Waals surface area contributed by atoms with E-state index in [9.17, 15) is 8.78 Å². The summed E-state index contributed by atoms with van der Waals surface area (Å²) in [5.74, 6) is 0.181. The molecule has 4 rings (SSSR count). The number of likely N-dealkylation sites (tertiary alicyclic amines) is 1. The van der Waals surface area contributed by atoms with Crippen LogP contribution in [0.4, 0.5) is 32.3 Å². The minimum Gasteiger partial charge on any atom is -0.354 e. The van der Waals surface area contributed by atoms with Crippen LogP contribution in [0.1, 0.15) is 51.9 Å². The molecule has 1 aliphatic heterocycles. The molecule has 0 bridgehead atoms. The lowest BCUT2D eigenvalue weighted by molar-refractivity contribution is 0.277. The molecule has 1 radical (unpaired) electrons. The van der Waals surface area contributed by atoms with Gasteiger partial charge in [0.15, 0.2) is 0 Å². The summed E-state index contributed by atoms with van der Waals surface area (Å²) in [5, 5.41) is 9.58. The van der Waals surface area contributed by atoms with E-state index in [4.69, 9.17) is 0 Å². The van der Waals surface area contributed by atoms with Gasteiger partial charge in [-0.2, -0.15) is 15.0 Å². The first-order valence-corrected chi connectivity index (χ1v) is 11.7. The summed E-state index contributed by atoms with van der Waals surface area (Å²) >= 11 is 0. The smallest absolute Gasteiger partial charge is 0.233 e. The Morgan fingerprint density at radius 3 is 2.25 bits per heavy atom. The van der Waals surface area contributed by atoms with Crippen LogP contribution >= 0.6 is 0 Å². The fraction of sp³-hybridized carbons (Fsp3) is 0.609. The number of hydrogen-bond donors (Lipinski definition) is 3. The zero-order valence-electron chi connectivity index (χ0n) is 18.6. The minimum atomic E-state index is -0.781. The van der Waals surface area contributed by atoms with Gasteiger partial charge in [-0.3, -0.25) is 4.90 Å². The highest BCUT2D eigenvalue weighted by Gasteiger charge is 2.23. The summed E-state index contributed by atoms with van der Waals surface area (Å²) < 4.78 is 27.1. The Morgan fingerprint density at radius 2 is 1.56 bits per heavy atom. The van der Waals surface area contributed by atoms with Gasteiger partial charge >= 0.3 is 0 Å². The molecular weight excluding hydrogens is 412 g/mol. The number of aromatic nitrogens is 3. The third-order valence-corrected chi connectivity index (χ3v) is 6.37. The first kappa shape index (κ1) is 22.6. The van der Waals surface area contributed by atoms with Crippen LogP contribution in [0.25, 0.3) is 0 Å². The average Bonchev–Trinajstić information content (AvgIpc) is 3.24. The quantitative estimate of drug-likeness (QED) is 0.522. The summed E-state index contributed by atoms with van der Waals surface area (Å²) in [6.07, 6.45) is 8.59. The van der Waals surface area contributed by atoms with Crippen molar-refractivity contribution < 1.29 is 8.78 Å². The van der Waals surface area contributed by atoms with Crippen molar-refractivity contribution in [2.24, 2.45) is 5.92 Å². The normalized spacial score (nSPS) is 19.8. The molecule has 2 aromatic rings. The molecule has 1 atom stereocenters. The number of halogens is 2. The SMILES string of the molecule is CCN1CCCC1CNc1nc(NCC2CCCCC2)nc(Nc2cc(F)[c]c(F)c2)n1. The maximum atomic E-state index is 13.6. The van der Waals surface area contributed by atoms with Gasteiger partial charge < -0.3 is 16.0 Å². The Morgan fingerprint density at radius 1 is 0.906 bits per heavy atom. The fourth-order valence-corrected chi connectivity index (χ4v) is 4.67. The van der Waals surface area contributed by atoms with Gasteiger partial charge in [0.05, 0.1) is 6.07 Å². The fourth-order valence-electron chi connectivity index (χ4n) is 4.67. The molecule has 2 heterocycles. The van der Waals surface area contributed by atoms with Crippen LogP contribution < -0.4 is 16.0 Å². The minimum absolute atomic E-state index is 0.224. The van der Waals surface area contributed by atoms with E-state index in [0.717, 1.165) is 44.7 Å².